The summed E-state index contributed by atoms with van der Waals surface area (Å²) in [6, 6.07) is 9.15. The Morgan fingerprint density at radius 1 is 0.824 bits per heavy atom. The Morgan fingerprint density at radius 2 is 1.49 bits per heavy atom. The second-order valence-electron chi connectivity index (χ2n) is 16.7. The van der Waals surface area contributed by atoms with Crippen molar-refractivity contribution >= 4 is 41.5 Å². The highest BCUT2D eigenvalue weighted by molar-refractivity contribution is 6.00. The molecule has 20 nitrogen and oxygen atoms in total. The van der Waals surface area contributed by atoms with Crippen LogP contribution in [0.1, 0.15) is 97.9 Å². The third kappa shape index (κ3) is 15.1. The summed E-state index contributed by atoms with van der Waals surface area (Å²) in [5.74, 6) is -3.71. The molecule has 0 spiro atoms. The first kappa shape index (κ1) is 53.8. The maximum Gasteiger partial charge on any atom is 0.428 e. The summed E-state index contributed by atoms with van der Waals surface area (Å²) in [7, 11) is 1.41. The maximum absolute atomic E-state index is 14.7. The van der Waals surface area contributed by atoms with Crippen molar-refractivity contribution < 1.29 is 47.9 Å². The number of nitrogens with one attached hydrogen (secondary N) is 5. The van der Waals surface area contributed by atoms with Crippen LogP contribution in [0, 0.1) is 6.92 Å². The summed E-state index contributed by atoms with van der Waals surface area (Å²) in [4.78, 5) is 100. The van der Waals surface area contributed by atoms with E-state index in [9.17, 15) is 33.6 Å². The van der Waals surface area contributed by atoms with E-state index in [-0.39, 0.29) is 45.7 Å². The Labute approximate surface area is 397 Å². The molecule has 7 amide bonds. The first-order chi connectivity index (χ1) is 32.5. The van der Waals surface area contributed by atoms with E-state index < -0.39 is 71.7 Å². The van der Waals surface area contributed by atoms with Gasteiger partial charge < -0.3 is 63.4 Å². The second kappa shape index (κ2) is 26.5. The van der Waals surface area contributed by atoms with Gasteiger partial charge in [-0.15, -0.1) is 0 Å². The van der Waals surface area contributed by atoms with Crippen LogP contribution in [0.4, 0.5) is 4.79 Å². The molecule has 1 aliphatic rings. The van der Waals surface area contributed by atoms with Crippen LogP contribution in [0.5, 0.6) is 11.5 Å². The molecule has 1 heterocycles. The molecule has 3 aromatic carbocycles. The van der Waals surface area contributed by atoms with Crippen molar-refractivity contribution in [3.63, 3.8) is 0 Å². The Morgan fingerprint density at radius 3 is 2.12 bits per heavy atom. The maximum atomic E-state index is 14.7. The quantitative estimate of drug-likeness (QED) is 0.0543. The van der Waals surface area contributed by atoms with Crippen molar-refractivity contribution in [2.45, 2.75) is 109 Å². The third-order valence-corrected chi connectivity index (χ3v) is 11.4. The van der Waals surface area contributed by atoms with Crippen LogP contribution < -0.4 is 59.2 Å². The molecule has 3 aromatic rings. The molecule has 0 saturated heterocycles. The van der Waals surface area contributed by atoms with Gasteiger partial charge in [-0.3, -0.25) is 28.8 Å². The van der Waals surface area contributed by atoms with Crippen molar-refractivity contribution in [2.24, 2.45) is 22.9 Å². The summed E-state index contributed by atoms with van der Waals surface area (Å²) in [5, 5.41) is 10.7. The summed E-state index contributed by atoms with van der Waals surface area (Å²) in [5.41, 5.74) is 28.4. The SMILES string of the molecule is CCCCCCCc1ccc(C(=O)N[C@@H](CCN)C(=O)N(C)[C@@H]2C(=O)N[C@@H](C)C(=O)N[C@H](C(=O)N[C@@H](C)C(=O)NOC(N)=O)Cc3ccc(OCCN)c(c3)-c3cc2ccc3OCCN)c(C)c1. The summed E-state index contributed by atoms with van der Waals surface area (Å²) < 4.78 is 12.2. The number of amides is 7. The molecule has 370 valence electrons. The van der Waals surface area contributed by atoms with Gasteiger partial charge in [0.05, 0.1) is 0 Å². The van der Waals surface area contributed by atoms with Crippen LogP contribution in [0.15, 0.2) is 54.6 Å². The lowest BCUT2D eigenvalue weighted by Gasteiger charge is -2.32. The number of likely N-dealkylation sites (N-methyl/N-ethyl adjacent to an activating group) is 1. The molecule has 0 aliphatic carbocycles. The van der Waals surface area contributed by atoms with Gasteiger partial charge in [0.25, 0.3) is 11.8 Å². The molecule has 68 heavy (non-hydrogen) atoms. The van der Waals surface area contributed by atoms with Gasteiger partial charge >= 0.3 is 6.09 Å². The number of nitrogens with zero attached hydrogens (tertiary/aromatic N) is 1. The molecule has 13 N–H and O–H groups in total. The lowest BCUT2D eigenvalue weighted by atomic mass is 9.93. The van der Waals surface area contributed by atoms with Gasteiger partial charge in [-0.25, -0.2) is 4.79 Å². The van der Waals surface area contributed by atoms with E-state index in [1.165, 1.54) is 38.6 Å². The van der Waals surface area contributed by atoms with E-state index in [2.05, 4.69) is 33.0 Å². The van der Waals surface area contributed by atoms with Crippen LogP contribution in [0.3, 0.4) is 0 Å². The number of fused-ring (bicyclic) bond motifs is 5. The van der Waals surface area contributed by atoms with Gasteiger partial charge in [0.1, 0.15) is 54.9 Å². The predicted octanol–water partition coefficient (Wildman–Crippen LogP) is 1.67. The Hall–Kier alpha value is -6.77. The van der Waals surface area contributed by atoms with E-state index in [4.69, 9.17) is 32.4 Å². The Balaban J connectivity index is 1.78. The highest BCUT2D eigenvalue weighted by Crippen LogP contribution is 2.40. The molecule has 0 unspecified atom stereocenters. The highest BCUT2D eigenvalue weighted by Gasteiger charge is 2.36. The first-order valence-electron chi connectivity index (χ1n) is 23.0. The summed E-state index contributed by atoms with van der Waals surface area (Å²) in [6.45, 7) is 7.31. The average Bonchev–Trinajstić information content (AvgIpc) is 3.31. The second-order valence-corrected chi connectivity index (χ2v) is 16.7. The molecular weight excluding hydrogens is 877 g/mol. The van der Waals surface area contributed by atoms with Crippen molar-refractivity contribution in [2.75, 3.05) is 39.9 Å². The smallest absolute Gasteiger partial charge is 0.428 e. The number of primary amides is 1. The molecule has 20 heteroatoms. The van der Waals surface area contributed by atoms with Gasteiger partial charge in [0.2, 0.25) is 23.6 Å². The standard InChI is InChI=1S/C48H68N10O10/c1-6-7-8-9-10-11-31-12-15-34(28(2)24-31)44(61)55-37(18-19-49)47(64)58(5)41-33-14-17-40(67-23-21-51)36(27-33)35-25-32(13-16-39(35)66-22-20-50)26-38(56-42(59)29(3)54-46(41)63)45(62)53-30(4)43(60)57-68-48(52)65/h12-17,24-25,27,29-30,37-38,41H,6-11,18-23,26,49-51H2,1-5H3,(H2,52,65)(H,53,62)(H,54,63)(H,55,61)(H,56,59)(H,57,60)/t29-,30-,37-,38-,41-/m0/s1. The number of nitrogens with two attached hydrogens (primary N) is 4. The van der Waals surface area contributed by atoms with E-state index >= 15 is 0 Å². The minimum atomic E-state index is -1.42. The van der Waals surface area contributed by atoms with E-state index in [1.54, 1.807) is 42.5 Å². The third-order valence-electron chi connectivity index (χ3n) is 11.4. The van der Waals surface area contributed by atoms with Gasteiger partial charge in [-0.05, 0) is 99.2 Å². The number of aryl methyl sites for hydroxylation is 2. The number of hydrogen-bond acceptors (Lipinski definition) is 13. The average molecular weight is 945 g/mol. The van der Waals surface area contributed by atoms with E-state index in [1.807, 2.05) is 24.5 Å². The Bertz CT molecular complexity index is 2260. The largest absolute Gasteiger partial charge is 0.492 e. The molecule has 0 aromatic heterocycles. The zero-order valence-corrected chi connectivity index (χ0v) is 39.6. The zero-order chi connectivity index (χ0) is 49.9. The Kier molecular flexibility index (Phi) is 21.0. The number of rotatable bonds is 21. The van der Waals surface area contributed by atoms with Gasteiger partial charge in [0.15, 0.2) is 0 Å². The monoisotopic (exact) mass is 945 g/mol. The van der Waals surface area contributed by atoms with Crippen LogP contribution in [0.2, 0.25) is 0 Å². The lowest BCUT2D eigenvalue weighted by molar-refractivity contribution is -0.141. The highest BCUT2D eigenvalue weighted by atomic mass is 16.7. The molecule has 0 fully saturated rings. The molecule has 5 atom stereocenters. The number of hydrogen-bond donors (Lipinski definition) is 9. The van der Waals surface area contributed by atoms with Crippen molar-refractivity contribution in [3.05, 3.63) is 82.4 Å². The molecule has 0 saturated carbocycles. The number of unbranched alkanes of at least 4 members (excludes halogenated alkanes) is 4. The minimum absolute atomic E-state index is 0.0210. The fourth-order valence-electron chi connectivity index (χ4n) is 7.75. The van der Waals surface area contributed by atoms with Gasteiger partial charge in [-0.1, -0.05) is 56.9 Å². The van der Waals surface area contributed by atoms with Crippen molar-refractivity contribution in [3.8, 4) is 22.6 Å². The number of carbonyl (C=O) groups excluding carboxylic acids is 7. The minimum Gasteiger partial charge on any atom is -0.492 e. The fourth-order valence-corrected chi connectivity index (χ4v) is 7.75. The summed E-state index contributed by atoms with van der Waals surface area (Å²) >= 11 is 0. The van der Waals surface area contributed by atoms with Crippen LogP contribution >= 0.6 is 0 Å². The molecule has 0 radical (unpaired) electrons. The fraction of sp³-hybridized carbons (Fsp3) is 0.479. The van der Waals surface area contributed by atoms with Gasteiger partial charge in [-0.2, -0.15) is 5.48 Å². The number of ether oxygens (including phenoxy) is 2. The molecule has 4 bridgehead atoms. The first-order valence-corrected chi connectivity index (χ1v) is 23.0. The lowest BCUT2D eigenvalue weighted by Crippen LogP contribution is -2.57. The number of benzene rings is 3. The van der Waals surface area contributed by atoms with Gasteiger partial charge in [0, 0.05) is 43.2 Å². The molecular formula is C48H68N10O10. The topological polar surface area (TPSA) is 315 Å². The molecule has 1 aliphatic heterocycles. The van der Waals surface area contributed by atoms with Crippen LogP contribution in [0.25, 0.3) is 11.1 Å². The van der Waals surface area contributed by atoms with Crippen molar-refractivity contribution in [1.82, 2.24) is 31.6 Å². The summed E-state index contributed by atoms with van der Waals surface area (Å²) in [6.07, 6.45) is 5.22. The van der Waals surface area contributed by atoms with Crippen LogP contribution in [-0.4, -0.2) is 110 Å². The molecule has 4 rings (SSSR count). The number of carbonyl (C=O) groups is 7. The van der Waals surface area contributed by atoms with E-state index in [0.717, 1.165) is 36.8 Å². The normalized spacial score (nSPS) is 16.7. The number of hydroxylamine groups is 1. The van der Waals surface area contributed by atoms with Crippen LogP contribution in [-0.2, 0) is 41.7 Å². The van der Waals surface area contributed by atoms with E-state index in [0.29, 0.717) is 39.3 Å². The zero-order valence-electron chi connectivity index (χ0n) is 39.6. The predicted molar refractivity (Wildman–Crippen MR) is 255 cm³/mol. The van der Waals surface area contributed by atoms with Crippen molar-refractivity contribution in [1.29, 1.82) is 0 Å².